The summed E-state index contributed by atoms with van der Waals surface area (Å²) in [4.78, 5) is 4.57. The third-order valence-corrected chi connectivity index (χ3v) is 4.04. The van der Waals surface area contributed by atoms with Gasteiger partial charge in [0.2, 0.25) is 5.90 Å². The highest BCUT2D eigenvalue weighted by molar-refractivity contribution is 5.97. The first-order valence-corrected chi connectivity index (χ1v) is 7.69. The van der Waals surface area contributed by atoms with Crippen molar-refractivity contribution in [1.82, 2.24) is 0 Å². The van der Waals surface area contributed by atoms with E-state index in [0.29, 0.717) is 18.1 Å². The minimum Gasteiger partial charge on any atom is -0.475 e. The quantitative estimate of drug-likeness (QED) is 0.936. The van der Waals surface area contributed by atoms with Gasteiger partial charge in [0, 0.05) is 5.57 Å². The van der Waals surface area contributed by atoms with Gasteiger partial charge in [0.1, 0.15) is 12.2 Å². The fourth-order valence-corrected chi connectivity index (χ4v) is 2.77. The molecule has 1 aliphatic heterocycles. The SMILES string of the molecule is C=C(C1=NC(C)(C)CO1)C(O)(c1ccccc1)c1ccccc1. The van der Waals surface area contributed by atoms with E-state index >= 15 is 0 Å². The molecule has 0 spiro atoms. The third kappa shape index (κ3) is 2.80. The molecule has 0 saturated carbocycles. The van der Waals surface area contributed by atoms with Gasteiger partial charge in [0.15, 0.2) is 0 Å². The molecule has 0 fully saturated rings. The molecule has 3 nitrogen and oxygen atoms in total. The molecule has 0 saturated heterocycles. The first-order chi connectivity index (χ1) is 10.9. The summed E-state index contributed by atoms with van der Waals surface area (Å²) in [5.74, 6) is 0.421. The summed E-state index contributed by atoms with van der Waals surface area (Å²) in [7, 11) is 0. The van der Waals surface area contributed by atoms with Crippen LogP contribution in [-0.4, -0.2) is 23.2 Å². The lowest BCUT2D eigenvalue weighted by Crippen LogP contribution is -2.33. The molecule has 3 rings (SSSR count). The van der Waals surface area contributed by atoms with Gasteiger partial charge in [-0.2, -0.15) is 0 Å². The molecule has 1 aliphatic rings. The number of nitrogens with zero attached hydrogens (tertiary/aromatic N) is 1. The lowest BCUT2D eigenvalue weighted by Gasteiger charge is -2.31. The van der Waals surface area contributed by atoms with Gasteiger partial charge >= 0.3 is 0 Å². The average molecular weight is 307 g/mol. The molecule has 0 bridgehead atoms. The summed E-state index contributed by atoms with van der Waals surface area (Å²) in [5.41, 5.74) is 0.272. The minimum absolute atomic E-state index is 0.299. The van der Waals surface area contributed by atoms with Crippen LogP contribution in [0.2, 0.25) is 0 Å². The fraction of sp³-hybridized carbons (Fsp3) is 0.250. The Balaban J connectivity index is 2.12. The normalized spacial score (nSPS) is 16.6. The zero-order valence-corrected chi connectivity index (χ0v) is 13.5. The lowest BCUT2D eigenvalue weighted by molar-refractivity contribution is 0.124. The number of aliphatic imine (C=N–C) groups is 1. The van der Waals surface area contributed by atoms with E-state index in [4.69, 9.17) is 4.74 Å². The van der Waals surface area contributed by atoms with Gasteiger partial charge in [-0.25, -0.2) is 4.99 Å². The van der Waals surface area contributed by atoms with Gasteiger partial charge < -0.3 is 9.84 Å². The van der Waals surface area contributed by atoms with Crippen molar-refractivity contribution in [2.75, 3.05) is 6.61 Å². The van der Waals surface area contributed by atoms with E-state index in [1.807, 2.05) is 74.5 Å². The van der Waals surface area contributed by atoms with Gasteiger partial charge in [-0.15, -0.1) is 0 Å². The topological polar surface area (TPSA) is 41.8 Å². The summed E-state index contributed by atoms with van der Waals surface area (Å²) in [6.45, 7) is 8.60. The fourth-order valence-electron chi connectivity index (χ4n) is 2.77. The third-order valence-electron chi connectivity index (χ3n) is 4.04. The highest BCUT2D eigenvalue weighted by atomic mass is 16.5. The van der Waals surface area contributed by atoms with Crippen LogP contribution >= 0.6 is 0 Å². The molecule has 2 aromatic carbocycles. The number of hydrogen-bond acceptors (Lipinski definition) is 3. The molecule has 2 aromatic rings. The van der Waals surface area contributed by atoms with Gasteiger partial charge in [-0.1, -0.05) is 67.2 Å². The van der Waals surface area contributed by atoms with E-state index in [2.05, 4.69) is 11.6 Å². The molecule has 1 N–H and O–H groups in total. The van der Waals surface area contributed by atoms with Crippen LogP contribution in [0, 0.1) is 0 Å². The van der Waals surface area contributed by atoms with E-state index in [-0.39, 0.29) is 5.54 Å². The maximum atomic E-state index is 11.6. The number of aliphatic hydroxyl groups is 1. The monoisotopic (exact) mass is 307 g/mol. The highest BCUT2D eigenvalue weighted by Crippen LogP contribution is 2.38. The Hall–Kier alpha value is -2.39. The van der Waals surface area contributed by atoms with Crippen molar-refractivity contribution in [3.05, 3.63) is 83.9 Å². The van der Waals surface area contributed by atoms with E-state index in [0.717, 1.165) is 11.1 Å². The Morgan fingerprint density at radius 2 is 1.52 bits per heavy atom. The molecule has 3 heteroatoms. The van der Waals surface area contributed by atoms with Crippen LogP contribution in [-0.2, 0) is 10.3 Å². The zero-order chi connectivity index (χ0) is 16.5. The van der Waals surface area contributed by atoms with Crippen LogP contribution in [0.25, 0.3) is 0 Å². The average Bonchev–Trinajstić information content (AvgIpc) is 2.95. The summed E-state index contributed by atoms with van der Waals surface area (Å²) in [6.07, 6.45) is 0. The minimum atomic E-state index is -1.37. The van der Waals surface area contributed by atoms with E-state index in [1.54, 1.807) is 0 Å². The molecular weight excluding hydrogens is 286 g/mol. The van der Waals surface area contributed by atoms with Crippen molar-refractivity contribution in [2.45, 2.75) is 25.0 Å². The zero-order valence-electron chi connectivity index (χ0n) is 13.5. The molecule has 0 amide bonds. The van der Waals surface area contributed by atoms with Crippen LogP contribution in [0.3, 0.4) is 0 Å². The summed E-state index contributed by atoms with van der Waals surface area (Å²) in [5, 5.41) is 11.6. The molecule has 1 heterocycles. The number of hydrogen-bond donors (Lipinski definition) is 1. The smallest absolute Gasteiger partial charge is 0.215 e. The van der Waals surface area contributed by atoms with Crippen LogP contribution < -0.4 is 0 Å². The Morgan fingerprint density at radius 1 is 1.04 bits per heavy atom. The highest BCUT2D eigenvalue weighted by Gasteiger charge is 2.40. The standard InChI is InChI=1S/C20H21NO2/c1-15(18-21-19(2,3)14-23-18)20(22,16-10-6-4-7-11-16)17-12-8-5-9-13-17/h4-13,22H,1,14H2,2-3H3. The van der Waals surface area contributed by atoms with Crippen molar-refractivity contribution in [3.63, 3.8) is 0 Å². The molecule has 0 radical (unpaired) electrons. The molecule has 0 aliphatic carbocycles. The second kappa shape index (κ2) is 5.67. The number of ether oxygens (including phenoxy) is 1. The van der Waals surface area contributed by atoms with Crippen molar-refractivity contribution < 1.29 is 9.84 Å². The van der Waals surface area contributed by atoms with Crippen molar-refractivity contribution >= 4 is 5.90 Å². The van der Waals surface area contributed by atoms with E-state index in [9.17, 15) is 5.11 Å². The second-order valence-electron chi connectivity index (χ2n) is 6.44. The van der Waals surface area contributed by atoms with Crippen LogP contribution in [0.4, 0.5) is 0 Å². The molecule has 0 aromatic heterocycles. The van der Waals surface area contributed by atoms with Crippen molar-refractivity contribution in [2.24, 2.45) is 4.99 Å². The summed E-state index contributed by atoms with van der Waals surface area (Å²) >= 11 is 0. The van der Waals surface area contributed by atoms with Gasteiger partial charge in [-0.3, -0.25) is 0 Å². The van der Waals surface area contributed by atoms with Gasteiger partial charge in [0.25, 0.3) is 0 Å². The van der Waals surface area contributed by atoms with Gasteiger partial charge in [-0.05, 0) is 25.0 Å². The predicted molar refractivity (Wildman–Crippen MR) is 92.5 cm³/mol. The number of rotatable bonds is 4. The van der Waals surface area contributed by atoms with Gasteiger partial charge in [0.05, 0.1) is 5.54 Å². The maximum Gasteiger partial charge on any atom is 0.215 e. The van der Waals surface area contributed by atoms with Crippen molar-refractivity contribution in [1.29, 1.82) is 0 Å². The summed E-state index contributed by atoms with van der Waals surface area (Å²) < 4.78 is 5.71. The van der Waals surface area contributed by atoms with Crippen molar-refractivity contribution in [3.8, 4) is 0 Å². The van der Waals surface area contributed by atoms with E-state index in [1.165, 1.54) is 0 Å². The Kier molecular flexibility index (Phi) is 3.82. The number of benzene rings is 2. The van der Waals surface area contributed by atoms with Crippen LogP contribution in [0.5, 0.6) is 0 Å². The van der Waals surface area contributed by atoms with Crippen LogP contribution in [0.15, 0.2) is 77.8 Å². The Bertz CT molecular complexity index is 693. The maximum absolute atomic E-state index is 11.6. The Morgan fingerprint density at radius 3 is 1.91 bits per heavy atom. The first-order valence-electron chi connectivity index (χ1n) is 7.69. The molecule has 0 unspecified atom stereocenters. The summed E-state index contributed by atoms with van der Waals surface area (Å²) in [6, 6.07) is 19.0. The van der Waals surface area contributed by atoms with E-state index < -0.39 is 5.60 Å². The lowest BCUT2D eigenvalue weighted by atomic mass is 9.80. The molecular formula is C20H21NO2. The predicted octanol–water partition coefficient (Wildman–Crippen LogP) is 3.69. The molecule has 23 heavy (non-hydrogen) atoms. The first kappa shape index (κ1) is 15.5. The molecule has 0 atom stereocenters. The Labute approximate surface area is 137 Å². The molecule has 118 valence electrons. The largest absolute Gasteiger partial charge is 0.475 e. The van der Waals surface area contributed by atoms with Crippen LogP contribution in [0.1, 0.15) is 25.0 Å². The second-order valence-corrected chi connectivity index (χ2v) is 6.44.